The zero-order chi connectivity index (χ0) is 15.2. The maximum absolute atomic E-state index is 14.2. The van der Waals surface area contributed by atoms with Crippen molar-refractivity contribution >= 4 is 15.9 Å². The van der Waals surface area contributed by atoms with Crippen LogP contribution in [0.2, 0.25) is 0 Å². The second-order valence-electron chi connectivity index (χ2n) is 4.66. The molecule has 1 unspecified atom stereocenters. The van der Waals surface area contributed by atoms with Crippen molar-refractivity contribution in [2.75, 3.05) is 13.2 Å². The van der Waals surface area contributed by atoms with Gasteiger partial charge in [-0.15, -0.1) is 0 Å². The normalized spacial score (nSPS) is 12.2. The highest BCUT2D eigenvalue weighted by Crippen LogP contribution is 2.27. The van der Waals surface area contributed by atoms with E-state index in [9.17, 15) is 4.39 Å². The molecule has 0 amide bonds. The Morgan fingerprint density at radius 1 is 1.14 bits per heavy atom. The van der Waals surface area contributed by atoms with Crippen molar-refractivity contribution in [2.45, 2.75) is 19.9 Å². The van der Waals surface area contributed by atoms with Crippen LogP contribution in [0.25, 0.3) is 0 Å². The number of ether oxygens (including phenoxy) is 1. The predicted molar refractivity (Wildman–Crippen MR) is 87.2 cm³/mol. The van der Waals surface area contributed by atoms with E-state index in [-0.39, 0.29) is 11.9 Å². The first-order chi connectivity index (χ1) is 10.2. The average molecular weight is 352 g/mol. The first-order valence-electron chi connectivity index (χ1n) is 7.06. The minimum Gasteiger partial charge on any atom is -0.494 e. The maximum Gasteiger partial charge on any atom is 0.129 e. The number of benzene rings is 2. The highest BCUT2D eigenvalue weighted by atomic mass is 79.9. The highest BCUT2D eigenvalue weighted by Gasteiger charge is 2.17. The SMILES string of the molecule is CCNC(c1ccc(OCC)cc1)c1ccc(Br)cc1F. The Labute approximate surface area is 133 Å². The van der Waals surface area contributed by atoms with Crippen LogP contribution < -0.4 is 10.1 Å². The van der Waals surface area contributed by atoms with Crippen molar-refractivity contribution in [1.82, 2.24) is 5.32 Å². The molecule has 2 aromatic carbocycles. The fourth-order valence-corrected chi connectivity index (χ4v) is 2.60. The van der Waals surface area contributed by atoms with Crippen LogP contribution in [0.5, 0.6) is 5.75 Å². The van der Waals surface area contributed by atoms with Crippen molar-refractivity contribution in [3.8, 4) is 5.75 Å². The second kappa shape index (κ2) is 7.57. The average Bonchev–Trinajstić information content (AvgIpc) is 2.47. The summed E-state index contributed by atoms with van der Waals surface area (Å²) in [5.41, 5.74) is 1.66. The molecule has 2 nitrogen and oxygen atoms in total. The summed E-state index contributed by atoms with van der Waals surface area (Å²) in [6, 6.07) is 12.8. The van der Waals surface area contributed by atoms with Crippen molar-refractivity contribution in [1.29, 1.82) is 0 Å². The van der Waals surface area contributed by atoms with E-state index >= 15 is 0 Å². The Morgan fingerprint density at radius 3 is 2.43 bits per heavy atom. The number of hydrogen-bond acceptors (Lipinski definition) is 2. The minimum absolute atomic E-state index is 0.168. The molecule has 0 heterocycles. The summed E-state index contributed by atoms with van der Waals surface area (Å²) in [4.78, 5) is 0. The van der Waals surface area contributed by atoms with Crippen molar-refractivity contribution in [2.24, 2.45) is 0 Å². The van der Waals surface area contributed by atoms with Crippen LogP contribution in [-0.2, 0) is 0 Å². The van der Waals surface area contributed by atoms with E-state index in [1.807, 2.05) is 50.2 Å². The molecular formula is C17H19BrFNO. The van der Waals surface area contributed by atoms with Gasteiger partial charge in [-0.25, -0.2) is 4.39 Å². The lowest BCUT2D eigenvalue weighted by atomic mass is 9.98. The molecule has 0 aromatic heterocycles. The number of nitrogens with one attached hydrogen (secondary N) is 1. The third-order valence-electron chi connectivity index (χ3n) is 3.21. The largest absolute Gasteiger partial charge is 0.494 e. The number of hydrogen-bond donors (Lipinski definition) is 1. The third-order valence-corrected chi connectivity index (χ3v) is 3.70. The van der Waals surface area contributed by atoms with Gasteiger partial charge in [-0.05, 0) is 43.3 Å². The zero-order valence-electron chi connectivity index (χ0n) is 12.2. The van der Waals surface area contributed by atoms with Gasteiger partial charge in [0.25, 0.3) is 0 Å². The van der Waals surface area contributed by atoms with Gasteiger partial charge in [0, 0.05) is 10.0 Å². The van der Waals surface area contributed by atoms with Gasteiger partial charge in [-0.3, -0.25) is 0 Å². The van der Waals surface area contributed by atoms with Crippen molar-refractivity contribution < 1.29 is 9.13 Å². The van der Waals surface area contributed by atoms with Crippen LogP contribution in [0, 0.1) is 5.82 Å². The van der Waals surface area contributed by atoms with Gasteiger partial charge in [0.1, 0.15) is 11.6 Å². The van der Waals surface area contributed by atoms with Gasteiger partial charge in [-0.2, -0.15) is 0 Å². The first-order valence-corrected chi connectivity index (χ1v) is 7.86. The monoisotopic (exact) mass is 351 g/mol. The van der Waals surface area contributed by atoms with Gasteiger partial charge in [-0.1, -0.05) is 41.1 Å². The quantitative estimate of drug-likeness (QED) is 0.815. The lowest BCUT2D eigenvalue weighted by Crippen LogP contribution is -2.23. The Morgan fingerprint density at radius 2 is 1.86 bits per heavy atom. The molecule has 0 bridgehead atoms. The molecule has 1 atom stereocenters. The Bertz CT molecular complexity index is 586. The van der Waals surface area contributed by atoms with E-state index in [0.717, 1.165) is 22.3 Å². The summed E-state index contributed by atoms with van der Waals surface area (Å²) >= 11 is 3.29. The van der Waals surface area contributed by atoms with E-state index in [0.29, 0.717) is 12.2 Å². The minimum atomic E-state index is -0.218. The standard InChI is InChI=1S/C17H19BrFNO/c1-3-20-17(15-10-7-13(18)11-16(15)19)12-5-8-14(9-6-12)21-4-2/h5-11,17,20H,3-4H2,1-2H3. The molecular weight excluding hydrogens is 333 g/mol. The number of rotatable bonds is 6. The summed E-state index contributed by atoms with van der Waals surface area (Å²) in [6.45, 7) is 5.36. The predicted octanol–water partition coefficient (Wildman–Crippen LogP) is 4.69. The Balaban J connectivity index is 2.33. The highest BCUT2D eigenvalue weighted by molar-refractivity contribution is 9.10. The van der Waals surface area contributed by atoms with Crippen LogP contribution in [0.3, 0.4) is 0 Å². The van der Waals surface area contributed by atoms with Crippen molar-refractivity contribution in [3.63, 3.8) is 0 Å². The van der Waals surface area contributed by atoms with E-state index < -0.39 is 0 Å². The van der Waals surface area contributed by atoms with Gasteiger partial charge < -0.3 is 10.1 Å². The van der Waals surface area contributed by atoms with Crippen molar-refractivity contribution in [3.05, 3.63) is 63.9 Å². The lowest BCUT2D eigenvalue weighted by Gasteiger charge is -2.20. The van der Waals surface area contributed by atoms with Crippen LogP contribution in [0.1, 0.15) is 31.0 Å². The molecule has 112 valence electrons. The van der Waals surface area contributed by atoms with Gasteiger partial charge in [0.05, 0.1) is 12.6 Å². The van der Waals surface area contributed by atoms with E-state index in [4.69, 9.17) is 4.74 Å². The van der Waals surface area contributed by atoms with Gasteiger partial charge in [0.2, 0.25) is 0 Å². The molecule has 4 heteroatoms. The van der Waals surface area contributed by atoms with Crippen LogP contribution in [-0.4, -0.2) is 13.2 Å². The van der Waals surface area contributed by atoms with Crippen LogP contribution in [0.15, 0.2) is 46.9 Å². The first kappa shape index (κ1) is 16.0. The maximum atomic E-state index is 14.2. The molecule has 0 spiro atoms. The fourth-order valence-electron chi connectivity index (χ4n) is 2.27. The van der Waals surface area contributed by atoms with Gasteiger partial charge >= 0.3 is 0 Å². The van der Waals surface area contributed by atoms with Crippen LogP contribution >= 0.6 is 15.9 Å². The molecule has 0 aliphatic heterocycles. The molecule has 0 saturated heterocycles. The van der Waals surface area contributed by atoms with E-state index in [1.54, 1.807) is 0 Å². The molecule has 0 saturated carbocycles. The third kappa shape index (κ3) is 4.05. The molecule has 0 aliphatic carbocycles. The fraction of sp³-hybridized carbons (Fsp3) is 0.294. The topological polar surface area (TPSA) is 21.3 Å². The zero-order valence-corrected chi connectivity index (χ0v) is 13.8. The van der Waals surface area contributed by atoms with E-state index in [2.05, 4.69) is 21.2 Å². The summed E-state index contributed by atoms with van der Waals surface area (Å²) in [5.74, 6) is 0.608. The summed E-state index contributed by atoms with van der Waals surface area (Å²) < 4.78 is 20.4. The molecule has 0 radical (unpaired) electrons. The van der Waals surface area contributed by atoms with Crippen LogP contribution in [0.4, 0.5) is 4.39 Å². The van der Waals surface area contributed by atoms with Gasteiger partial charge in [0.15, 0.2) is 0 Å². The summed E-state index contributed by atoms with van der Waals surface area (Å²) in [6.07, 6.45) is 0. The molecule has 0 aliphatic rings. The molecule has 0 fully saturated rings. The summed E-state index contributed by atoms with van der Waals surface area (Å²) in [7, 11) is 0. The Hall–Kier alpha value is -1.39. The molecule has 2 aromatic rings. The second-order valence-corrected chi connectivity index (χ2v) is 5.57. The smallest absolute Gasteiger partial charge is 0.129 e. The Kier molecular flexibility index (Phi) is 5.76. The number of halogens is 2. The lowest BCUT2D eigenvalue weighted by molar-refractivity contribution is 0.340. The molecule has 1 N–H and O–H groups in total. The molecule has 2 rings (SSSR count). The summed E-state index contributed by atoms with van der Waals surface area (Å²) in [5, 5.41) is 3.33. The molecule has 21 heavy (non-hydrogen) atoms. The van der Waals surface area contributed by atoms with E-state index in [1.165, 1.54) is 6.07 Å².